The van der Waals surface area contributed by atoms with Crippen molar-refractivity contribution >= 4 is 21.7 Å². The zero-order valence-electron chi connectivity index (χ0n) is 8.40. The molecule has 0 atom stereocenters. The number of rotatable bonds is 2. The molecule has 1 rings (SSSR count). The van der Waals surface area contributed by atoms with Gasteiger partial charge < -0.3 is 0 Å². The Hall–Kier alpha value is -0.700. The highest BCUT2D eigenvalue weighted by atomic mass is 79.9. The number of Topliss-reactive ketones (excluding diaryl/α,β-unsaturated/α-hetero) is 1. The Morgan fingerprint density at radius 1 is 1.43 bits per heavy atom. The fourth-order valence-electron chi connectivity index (χ4n) is 1.09. The quantitative estimate of drug-likeness (QED) is 0.794. The Balaban J connectivity index is 3.21. The van der Waals surface area contributed by atoms with Crippen molar-refractivity contribution in [1.82, 2.24) is 0 Å². The summed E-state index contributed by atoms with van der Waals surface area (Å²) >= 11 is 3.07. The molecule has 1 aromatic carbocycles. The molecular formula is C11H12BrFO. The van der Waals surface area contributed by atoms with Crippen LogP contribution in [0.15, 0.2) is 22.7 Å². The highest BCUT2D eigenvalue weighted by Gasteiger charge is 2.26. The third-order valence-electron chi connectivity index (χ3n) is 2.52. The van der Waals surface area contributed by atoms with E-state index in [4.69, 9.17) is 0 Å². The van der Waals surface area contributed by atoms with Crippen LogP contribution in [-0.2, 0) is 10.2 Å². The molecule has 0 saturated carbocycles. The maximum atomic E-state index is 13.2. The predicted octanol–water partition coefficient (Wildman–Crippen LogP) is 3.45. The minimum atomic E-state index is -0.623. The fourth-order valence-corrected chi connectivity index (χ4v) is 1.33. The van der Waals surface area contributed by atoms with Crippen LogP contribution in [-0.4, -0.2) is 5.78 Å². The van der Waals surface area contributed by atoms with Crippen LogP contribution in [0.1, 0.15) is 26.3 Å². The molecule has 0 N–H and O–H groups in total. The van der Waals surface area contributed by atoms with Crippen molar-refractivity contribution in [3.8, 4) is 0 Å². The first-order valence-corrected chi connectivity index (χ1v) is 5.11. The summed E-state index contributed by atoms with van der Waals surface area (Å²) < 4.78 is 13.6. The summed E-state index contributed by atoms with van der Waals surface area (Å²) in [5, 5.41) is 0. The van der Waals surface area contributed by atoms with Crippen molar-refractivity contribution in [3.05, 3.63) is 34.1 Å². The number of hydrogen-bond donors (Lipinski definition) is 0. The number of benzene rings is 1. The standard InChI is InChI=1S/C11H12BrFO/c1-7(14)11(2,3)8-4-5-9(12)10(13)6-8/h4-6H,1-3H3. The molecule has 0 spiro atoms. The number of carbonyl (C=O) groups is 1. The lowest BCUT2D eigenvalue weighted by Gasteiger charge is -2.21. The monoisotopic (exact) mass is 258 g/mol. The van der Waals surface area contributed by atoms with Crippen molar-refractivity contribution < 1.29 is 9.18 Å². The highest BCUT2D eigenvalue weighted by molar-refractivity contribution is 9.10. The van der Waals surface area contributed by atoms with Crippen molar-refractivity contribution in [2.24, 2.45) is 0 Å². The van der Waals surface area contributed by atoms with Gasteiger partial charge in [0.15, 0.2) is 0 Å². The molecule has 76 valence electrons. The largest absolute Gasteiger partial charge is 0.299 e. The molecule has 1 aromatic rings. The van der Waals surface area contributed by atoms with Gasteiger partial charge in [-0.3, -0.25) is 4.79 Å². The van der Waals surface area contributed by atoms with E-state index in [1.165, 1.54) is 13.0 Å². The smallest absolute Gasteiger partial charge is 0.139 e. The minimum absolute atomic E-state index is 0.0271. The van der Waals surface area contributed by atoms with E-state index in [0.717, 1.165) is 0 Å². The van der Waals surface area contributed by atoms with Gasteiger partial charge in [-0.1, -0.05) is 6.07 Å². The molecule has 0 radical (unpaired) electrons. The fraction of sp³-hybridized carbons (Fsp3) is 0.364. The summed E-state index contributed by atoms with van der Waals surface area (Å²) in [5.74, 6) is -0.309. The van der Waals surface area contributed by atoms with Gasteiger partial charge in [0.25, 0.3) is 0 Å². The lowest BCUT2D eigenvalue weighted by Crippen LogP contribution is -2.26. The Bertz CT molecular complexity index is 372. The van der Waals surface area contributed by atoms with E-state index in [2.05, 4.69) is 15.9 Å². The predicted molar refractivity (Wildman–Crippen MR) is 57.8 cm³/mol. The first-order valence-electron chi connectivity index (χ1n) is 4.32. The third-order valence-corrected chi connectivity index (χ3v) is 3.16. The second kappa shape index (κ2) is 3.81. The maximum absolute atomic E-state index is 13.2. The topological polar surface area (TPSA) is 17.1 Å². The molecule has 0 aromatic heterocycles. The molecule has 0 heterocycles. The van der Waals surface area contributed by atoms with Crippen LogP contribution in [0.2, 0.25) is 0 Å². The van der Waals surface area contributed by atoms with Gasteiger partial charge >= 0.3 is 0 Å². The second-order valence-electron chi connectivity index (χ2n) is 3.81. The van der Waals surface area contributed by atoms with Gasteiger partial charge in [0.1, 0.15) is 11.6 Å². The van der Waals surface area contributed by atoms with E-state index in [9.17, 15) is 9.18 Å². The summed E-state index contributed by atoms with van der Waals surface area (Å²) in [6, 6.07) is 4.77. The van der Waals surface area contributed by atoms with E-state index in [1.54, 1.807) is 26.0 Å². The Kier molecular flexibility index (Phi) is 3.10. The van der Waals surface area contributed by atoms with Crippen LogP contribution in [0.5, 0.6) is 0 Å². The molecular weight excluding hydrogens is 247 g/mol. The molecule has 0 aliphatic carbocycles. The first-order chi connectivity index (χ1) is 6.35. The Morgan fingerprint density at radius 3 is 2.43 bits per heavy atom. The van der Waals surface area contributed by atoms with Gasteiger partial charge in [-0.2, -0.15) is 0 Å². The number of carbonyl (C=O) groups excluding carboxylic acids is 1. The van der Waals surface area contributed by atoms with Crippen LogP contribution in [0.25, 0.3) is 0 Å². The maximum Gasteiger partial charge on any atom is 0.139 e. The summed E-state index contributed by atoms with van der Waals surface area (Å²) in [6.45, 7) is 5.09. The van der Waals surface area contributed by atoms with Gasteiger partial charge in [-0.15, -0.1) is 0 Å². The van der Waals surface area contributed by atoms with Crippen molar-refractivity contribution in [2.75, 3.05) is 0 Å². The van der Waals surface area contributed by atoms with Crippen LogP contribution in [0, 0.1) is 5.82 Å². The van der Waals surface area contributed by atoms with E-state index in [0.29, 0.717) is 10.0 Å². The summed E-state index contributed by atoms with van der Waals surface area (Å²) in [7, 11) is 0. The number of halogens is 2. The van der Waals surface area contributed by atoms with Gasteiger partial charge in [-0.25, -0.2) is 4.39 Å². The lowest BCUT2D eigenvalue weighted by atomic mass is 9.81. The van der Waals surface area contributed by atoms with Crippen molar-refractivity contribution in [1.29, 1.82) is 0 Å². The molecule has 0 aliphatic rings. The second-order valence-corrected chi connectivity index (χ2v) is 4.66. The van der Waals surface area contributed by atoms with Gasteiger partial charge in [-0.05, 0) is 54.4 Å². The van der Waals surface area contributed by atoms with E-state index in [-0.39, 0.29) is 11.6 Å². The summed E-state index contributed by atoms with van der Waals surface area (Å²) in [4.78, 5) is 11.3. The van der Waals surface area contributed by atoms with Crippen LogP contribution in [0.4, 0.5) is 4.39 Å². The summed E-state index contributed by atoms with van der Waals surface area (Å²) in [6.07, 6.45) is 0. The molecule has 0 bridgehead atoms. The lowest BCUT2D eigenvalue weighted by molar-refractivity contribution is -0.121. The van der Waals surface area contributed by atoms with Gasteiger partial charge in [0.05, 0.1) is 4.47 Å². The minimum Gasteiger partial charge on any atom is -0.299 e. The SMILES string of the molecule is CC(=O)C(C)(C)c1ccc(Br)c(F)c1. The van der Waals surface area contributed by atoms with E-state index < -0.39 is 5.41 Å². The molecule has 0 amide bonds. The highest BCUT2D eigenvalue weighted by Crippen LogP contribution is 2.27. The molecule has 3 heteroatoms. The van der Waals surface area contributed by atoms with Gasteiger partial charge in [0.2, 0.25) is 0 Å². The molecule has 0 fully saturated rings. The van der Waals surface area contributed by atoms with Crippen LogP contribution < -0.4 is 0 Å². The first kappa shape index (κ1) is 11.4. The Labute approximate surface area is 91.5 Å². The molecule has 1 nitrogen and oxygen atoms in total. The summed E-state index contributed by atoms with van der Waals surface area (Å²) in [5.41, 5.74) is 0.0763. The van der Waals surface area contributed by atoms with Crippen molar-refractivity contribution in [2.45, 2.75) is 26.2 Å². The average molecular weight is 259 g/mol. The van der Waals surface area contributed by atoms with E-state index in [1.807, 2.05) is 0 Å². The molecule has 14 heavy (non-hydrogen) atoms. The molecule has 0 unspecified atom stereocenters. The molecule has 0 saturated heterocycles. The zero-order valence-corrected chi connectivity index (χ0v) is 9.98. The van der Waals surface area contributed by atoms with E-state index >= 15 is 0 Å². The van der Waals surface area contributed by atoms with Crippen LogP contribution >= 0.6 is 15.9 Å². The van der Waals surface area contributed by atoms with Gasteiger partial charge in [0, 0.05) is 5.41 Å². The molecule has 0 aliphatic heterocycles. The zero-order chi connectivity index (χ0) is 10.9. The van der Waals surface area contributed by atoms with Crippen molar-refractivity contribution in [3.63, 3.8) is 0 Å². The third kappa shape index (κ3) is 2.03. The normalized spacial score (nSPS) is 11.5. The number of ketones is 1. The average Bonchev–Trinajstić information content (AvgIpc) is 2.09. The number of hydrogen-bond acceptors (Lipinski definition) is 1. The van der Waals surface area contributed by atoms with Crippen LogP contribution in [0.3, 0.4) is 0 Å². The Morgan fingerprint density at radius 2 is 2.00 bits per heavy atom.